The number of aryl methyl sites for hydroxylation is 2. The van der Waals surface area contributed by atoms with E-state index in [0.717, 1.165) is 11.4 Å². The highest BCUT2D eigenvalue weighted by molar-refractivity contribution is 5.75. The standard InChI is InChI=1S/C13H21N3O2/c1-6-18-13(17)8-16(9(2)3)12-7-14-10(4)11(5)15-12/h7,9H,6,8H2,1-5H3. The first-order valence-electron chi connectivity index (χ1n) is 6.18. The third-order valence-electron chi connectivity index (χ3n) is 2.70. The van der Waals surface area contributed by atoms with Gasteiger partial charge in [-0.05, 0) is 34.6 Å². The van der Waals surface area contributed by atoms with E-state index in [0.29, 0.717) is 12.4 Å². The van der Waals surface area contributed by atoms with Crippen molar-refractivity contribution in [2.45, 2.75) is 40.7 Å². The summed E-state index contributed by atoms with van der Waals surface area (Å²) in [5, 5.41) is 0. The summed E-state index contributed by atoms with van der Waals surface area (Å²) < 4.78 is 4.97. The summed E-state index contributed by atoms with van der Waals surface area (Å²) in [6.07, 6.45) is 1.70. The van der Waals surface area contributed by atoms with Crippen LogP contribution in [-0.2, 0) is 9.53 Å². The van der Waals surface area contributed by atoms with Gasteiger partial charge in [-0.3, -0.25) is 9.78 Å². The van der Waals surface area contributed by atoms with E-state index in [-0.39, 0.29) is 18.6 Å². The van der Waals surface area contributed by atoms with Crippen LogP contribution in [0.3, 0.4) is 0 Å². The summed E-state index contributed by atoms with van der Waals surface area (Å²) >= 11 is 0. The molecule has 0 unspecified atom stereocenters. The van der Waals surface area contributed by atoms with E-state index in [1.54, 1.807) is 13.1 Å². The third-order valence-corrected chi connectivity index (χ3v) is 2.70. The van der Waals surface area contributed by atoms with E-state index >= 15 is 0 Å². The molecule has 0 amide bonds. The Morgan fingerprint density at radius 1 is 1.39 bits per heavy atom. The van der Waals surface area contributed by atoms with Crippen LogP contribution in [-0.4, -0.2) is 35.1 Å². The zero-order chi connectivity index (χ0) is 13.7. The van der Waals surface area contributed by atoms with Crippen LogP contribution in [0.25, 0.3) is 0 Å². The van der Waals surface area contributed by atoms with Crippen LogP contribution in [0.4, 0.5) is 5.82 Å². The lowest BCUT2D eigenvalue weighted by Gasteiger charge is -2.26. The SMILES string of the molecule is CCOC(=O)CN(c1cnc(C)c(C)n1)C(C)C. The lowest BCUT2D eigenvalue weighted by Crippen LogP contribution is -2.37. The van der Waals surface area contributed by atoms with E-state index < -0.39 is 0 Å². The van der Waals surface area contributed by atoms with Crippen LogP contribution in [0, 0.1) is 13.8 Å². The molecule has 0 saturated heterocycles. The van der Waals surface area contributed by atoms with Crippen LogP contribution >= 0.6 is 0 Å². The second-order valence-corrected chi connectivity index (χ2v) is 4.43. The molecule has 0 saturated carbocycles. The van der Waals surface area contributed by atoms with Gasteiger partial charge in [0, 0.05) is 6.04 Å². The topological polar surface area (TPSA) is 55.3 Å². The van der Waals surface area contributed by atoms with E-state index in [9.17, 15) is 4.79 Å². The molecule has 5 heteroatoms. The Morgan fingerprint density at radius 3 is 2.56 bits per heavy atom. The first-order valence-corrected chi connectivity index (χ1v) is 6.18. The van der Waals surface area contributed by atoms with Crippen molar-refractivity contribution >= 4 is 11.8 Å². The summed E-state index contributed by atoms with van der Waals surface area (Å²) in [4.78, 5) is 22.2. The van der Waals surface area contributed by atoms with Crippen molar-refractivity contribution in [3.8, 4) is 0 Å². The number of esters is 1. The summed E-state index contributed by atoms with van der Waals surface area (Å²) in [5.41, 5.74) is 1.78. The summed E-state index contributed by atoms with van der Waals surface area (Å²) in [6.45, 7) is 10.2. The highest BCUT2D eigenvalue weighted by Crippen LogP contribution is 2.14. The van der Waals surface area contributed by atoms with Gasteiger partial charge in [-0.25, -0.2) is 4.98 Å². The quantitative estimate of drug-likeness (QED) is 0.748. The maximum atomic E-state index is 11.6. The maximum absolute atomic E-state index is 11.6. The van der Waals surface area contributed by atoms with Crippen LogP contribution in [0.5, 0.6) is 0 Å². The van der Waals surface area contributed by atoms with E-state index in [4.69, 9.17) is 4.74 Å². The third kappa shape index (κ3) is 3.68. The zero-order valence-corrected chi connectivity index (χ0v) is 11.7. The minimum absolute atomic E-state index is 0.158. The molecule has 0 aromatic carbocycles. The smallest absolute Gasteiger partial charge is 0.325 e. The molecular weight excluding hydrogens is 230 g/mol. The fourth-order valence-corrected chi connectivity index (χ4v) is 1.54. The molecule has 0 radical (unpaired) electrons. The highest BCUT2D eigenvalue weighted by atomic mass is 16.5. The second kappa shape index (κ2) is 6.33. The van der Waals surface area contributed by atoms with Gasteiger partial charge in [-0.2, -0.15) is 0 Å². The lowest BCUT2D eigenvalue weighted by molar-refractivity contribution is -0.141. The first kappa shape index (κ1) is 14.4. The highest BCUT2D eigenvalue weighted by Gasteiger charge is 2.17. The molecule has 0 atom stereocenters. The van der Waals surface area contributed by atoms with Gasteiger partial charge in [-0.1, -0.05) is 0 Å². The molecule has 0 fully saturated rings. The van der Waals surface area contributed by atoms with Crippen molar-refractivity contribution in [1.82, 2.24) is 9.97 Å². The van der Waals surface area contributed by atoms with E-state index in [2.05, 4.69) is 9.97 Å². The Labute approximate surface area is 108 Å². The monoisotopic (exact) mass is 251 g/mol. The molecule has 100 valence electrons. The number of carbonyl (C=O) groups is 1. The molecule has 0 aliphatic rings. The molecule has 0 aliphatic heterocycles. The molecular formula is C13H21N3O2. The van der Waals surface area contributed by atoms with Crippen molar-refractivity contribution in [2.24, 2.45) is 0 Å². The number of ether oxygens (including phenoxy) is 1. The normalized spacial score (nSPS) is 10.6. The number of hydrogen-bond donors (Lipinski definition) is 0. The maximum Gasteiger partial charge on any atom is 0.325 e. The van der Waals surface area contributed by atoms with Gasteiger partial charge in [-0.15, -0.1) is 0 Å². The average molecular weight is 251 g/mol. The lowest BCUT2D eigenvalue weighted by atomic mass is 10.3. The number of rotatable bonds is 5. The molecule has 0 bridgehead atoms. The molecule has 0 N–H and O–H groups in total. The van der Waals surface area contributed by atoms with Gasteiger partial charge < -0.3 is 9.64 Å². The molecule has 5 nitrogen and oxygen atoms in total. The second-order valence-electron chi connectivity index (χ2n) is 4.43. The van der Waals surface area contributed by atoms with E-state index in [1.165, 1.54) is 0 Å². The van der Waals surface area contributed by atoms with Gasteiger partial charge in [0.1, 0.15) is 12.4 Å². The van der Waals surface area contributed by atoms with Crippen molar-refractivity contribution in [2.75, 3.05) is 18.1 Å². The largest absolute Gasteiger partial charge is 0.465 e. The number of nitrogens with zero attached hydrogens (tertiary/aromatic N) is 3. The van der Waals surface area contributed by atoms with Gasteiger partial charge in [0.25, 0.3) is 0 Å². The number of aromatic nitrogens is 2. The Morgan fingerprint density at radius 2 is 2.06 bits per heavy atom. The van der Waals surface area contributed by atoms with Gasteiger partial charge >= 0.3 is 5.97 Å². The van der Waals surface area contributed by atoms with E-state index in [1.807, 2.05) is 32.6 Å². The predicted molar refractivity (Wildman–Crippen MR) is 70.6 cm³/mol. The minimum atomic E-state index is -0.244. The molecule has 18 heavy (non-hydrogen) atoms. The van der Waals surface area contributed by atoms with Crippen molar-refractivity contribution in [1.29, 1.82) is 0 Å². The fourth-order valence-electron chi connectivity index (χ4n) is 1.54. The van der Waals surface area contributed by atoms with Gasteiger partial charge in [0.05, 0.1) is 24.2 Å². The molecule has 1 heterocycles. The van der Waals surface area contributed by atoms with Crippen LogP contribution in [0.15, 0.2) is 6.20 Å². The van der Waals surface area contributed by atoms with Gasteiger partial charge in [0.2, 0.25) is 0 Å². The van der Waals surface area contributed by atoms with Crippen molar-refractivity contribution in [3.05, 3.63) is 17.6 Å². The Balaban J connectivity index is 2.90. The number of anilines is 1. The molecule has 1 aromatic heterocycles. The Kier molecular flexibility index (Phi) is 5.07. The van der Waals surface area contributed by atoms with Crippen LogP contribution in [0.1, 0.15) is 32.2 Å². The summed E-state index contributed by atoms with van der Waals surface area (Å²) in [5.74, 6) is 0.465. The van der Waals surface area contributed by atoms with Gasteiger partial charge in [0.15, 0.2) is 0 Å². The summed E-state index contributed by atoms with van der Waals surface area (Å²) in [7, 11) is 0. The Bertz CT molecular complexity index is 419. The number of carbonyl (C=O) groups excluding carboxylic acids is 1. The van der Waals surface area contributed by atoms with Crippen molar-refractivity contribution in [3.63, 3.8) is 0 Å². The predicted octanol–water partition coefficient (Wildman–Crippen LogP) is 1.87. The zero-order valence-electron chi connectivity index (χ0n) is 11.7. The Hall–Kier alpha value is -1.65. The van der Waals surface area contributed by atoms with Crippen LogP contribution in [0.2, 0.25) is 0 Å². The minimum Gasteiger partial charge on any atom is -0.465 e. The molecule has 0 aliphatic carbocycles. The molecule has 1 aromatic rings. The fraction of sp³-hybridized carbons (Fsp3) is 0.615. The first-order chi connectivity index (χ1) is 8.45. The average Bonchev–Trinajstić information content (AvgIpc) is 2.30. The van der Waals surface area contributed by atoms with Crippen molar-refractivity contribution < 1.29 is 9.53 Å². The number of hydrogen-bond acceptors (Lipinski definition) is 5. The van der Waals surface area contributed by atoms with Crippen LogP contribution < -0.4 is 4.90 Å². The molecule has 0 spiro atoms. The summed E-state index contributed by atoms with van der Waals surface area (Å²) in [6, 6.07) is 0.158. The molecule has 1 rings (SSSR count).